The fourth-order valence-corrected chi connectivity index (χ4v) is 2.50. The van der Waals surface area contributed by atoms with Gasteiger partial charge >= 0.3 is 0 Å². The summed E-state index contributed by atoms with van der Waals surface area (Å²) in [6, 6.07) is 7.61. The maximum atomic E-state index is 11.9. The molecule has 5 heteroatoms. The number of unbranched alkanes of at least 4 members (excludes halogenated alkanes) is 1. The summed E-state index contributed by atoms with van der Waals surface area (Å²) in [5, 5.41) is 2.98. The van der Waals surface area contributed by atoms with E-state index in [9.17, 15) is 4.79 Å². The van der Waals surface area contributed by atoms with E-state index in [2.05, 4.69) is 10.2 Å². The molecule has 1 heterocycles. The first-order chi connectivity index (χ1) is 10.8. The molecule has 0 aromatic heterocycles. The third-order valence-corrected chi connectivity index (χ3v) is 3.85. The van der Waals surface area contributed by atoms with Gasteiger partial charge in [0.25, 0.3) is 0 Å². The van der Waals surface area contributed by atoms with E-state index in [0.29, 0.717) is 6.42 Å². The van der Waals surface area contributed by atoms with Crippen LogP contribution in [0.25, 0.3) is 0 Å². The molecule has 1 aromatic rings. The normalized spacial score (nSPS) is 15.5. The molecule has 2 rings (SSSR count). The number of amides is 1. The molecule has 1 aliphatic rings. The summed E-state index contributed by atoms with van der Waals surface area (Å²) in [4.78, 5) is 14.3. The molecule has 22 heavy (non-hydrogen) atoms. The van der Waals surface area contributed by atoms with Gasteiger partial charge in [-0.15, -0.1) is 0 Å². The van der Waals surface area contributed by atoms with Gasteiger partial charge in [0.1, 0.15) is 5.75 Å². The fourth-order valence-electron chi connectivity index (χ4n) is 2.50. The molecule has 0 bridgehead atoms. The van der Waals surface area contributed by atoms with Gasteiger partial charge in [-0.3, -0.25) is 9.69 Å². The van der Waals surface area contributed by atoms with Crippen LogP contribution in [0.5, 0.6) is 5.75 Å². The standard InChI is InChI=1S/C17H26N2O3/c1-21-16-6-4-15(5-7-16)14-17(20)18-8-2-3-9-19-10-12-22-13-11-19/h4-7H,2-3,8-14H2,1H3,(H,18,20). The number of rotatable bonds is 8. The molecule has 0 atom stereocenters. The predicted octanol–water partition coefficient (Wildman–Crippen LogP) is 1.47. The summed E-state index contributed by atoms with van der Waals surface area (Å²) in [7, 11) is 1.64. The SMILES string of the molecule is COc1ccc(CC(=O)NCCCCN2CCOCC2)cc1. The second-order valence-corrected chi connectivity index (χ2v) is 5.54. The molecule has 5 nitrogen and oxygen atoms in total. The van der Waals surface area contributed by atoms with Gasteiger partial charge in [0, 0.05) is 19.6 Å². The van der Waals surface area contributed by atoms with Crippen LogP contribution in [0.1, 0.15) is 18.4 Å². The molecule has 1 N–H and O–H groups in total. The molecular weight excluding hydrogens is 280 g/mol. The number of morpholine rings is 1. The van der Waals surface area contributed by atoms with Gasteiger partial charge in [-0.1, -0.05) is 12.1 Å². The molecular formula is C17H26N2O3. The predicted molar refractivity (Wildman–Crippen MR) is 86.2 cm³/mol. The summed E-state index contributed by atoms with van der Waals surface area (Å²) in [5.41, 5.74) is 1.01. The summed E-state index contributed by atoms with van der Waals surface area (Å²) in [6.45, 7) is 5.60. The van der Waals surface area contributed by atoms with Crippen molar-refractivity contribution in [2.24, 2.45) is 0 Å². The first-order valence-electron chi connectivity index (χ1n) is 7.97. The Labute approximate surface area is 132 Å². The van der Waals surface area contributed by atoms with E-state index in [4.69, 9.17) is 9.47 Å². The minimum absolute atomic E-state index is 0.0801. The zero-order valence-electron chi connectivity index (χ0n) is 13.3. The molecule has 0 aliphatic carbocycles. The molecule has 0 radical (unpaired) electrons. The van der Waals surface area contributed by atoms with Gasteiger partial charge in [0.05, 0.1) is 26.7 Å². The van der Waals surface area contributed by atoms with Gasteiger partial charge in [-0.05, 0) is 37.1 Å². The number of nitrogens with one attached hydrogen (secondary N) is 1. The van der Waals surface area contributed by atoms with Gasteiger partial charge in [-0.25, -0.2) is 0 Å². The first kappa shape index (κ1) is 16.8. The minimum Gasteiger partial charge on any atom is -0.497 e. The van der Waals surface area contributed by atoms with Crippen LogP contribution in [-0.4, -0.2) is 57.3 Å². The monoisotopic (exact) mass is 306 g/mol. The quantitative estimate of drug-likeness (QED) is 0.739. The lowest BCUT2D eigenvalue weighted by Gasteiger charge is -2.26. The van der Waals surface area contributed by atoms with Crippen molar-refractivity contribution in [3.8, 4) is 5.75 Å². The van der Waals surface area contributed by atoms with Crippen LogP contribution in [0, 0.1) is 0 Å². The van der Waals surface area contributed by atoms with E-state index in [1.807, 2.05) is 24.3 Å². The van der Waals surface area contributed by atoms with Crippen LogP contribution in [-0.2, 0) is 16.0 Å². The summed E-state index contributed by atoms with van der Waals surface area (Å²) in [6.07, 6.45) is 2.56. The maximum absolute atomic E-state index is 11.9. The van der Waals surface area contributed by atoms with Gasteiger partial charge in [0.15, 0.2) is 0 Å². The van der Waals surface area contributed by atoms with Crippen LogP contribution in [0.2, 0.25) is 0 Å². The largest absolute Gasteiger partial charge is 0.497 e. The average molecular weight is 306 g/mol. The number of carbonyl (C=O) groups excluding carboxylic acids is 1. The van der Waals surface area contributed by atoms with E-state index < -0.39 is 0 Å². The zero-order valence-corrected chi connectivity index (χ0v) is 13.3. The second-order valence-electron chi connectivity index (χ2n) is 5.54. The molecule has 1 amide bonds. The number of benzene rings is 1. The van der Waals surface area contributed by atoms with Crippen molar-refractivity contribution in [1.82, 2.24) is 10.2 Å². The molecule has 0 spiro atoms. The first-order valence-corrected chi connectivity index (χ1v) is 7.97. The third kappa shape index (κ3) is 6.03. The van der Waals surface area contributed by atoms with Crippen molar-refractivity contribution in [3.05, 3.63) is 29.8 Å². The summed E-state index contributed by atoms with van der Waals surface area (Å²) < 4.78 is 10.4. The highest BCUT2D eigenvalue weighted by Crippen LogP contribution is 2.11. The Balaban J connectivity index is 1.55. The van der Waals surface area contributed by atoms with E-state index in [1.54, 1.807) is 7.11 Å². The number of ether oxygens (including phenoxy) is 2. The van der Waals surface area contributed by atoms with Gasteiger partial charge < -0.3 is 14.8 Å². The molecule has 1 aliphatic heterocycles. The fraction of sp³-hybridized carbons (Fsp3) is 0.588. The number of hydrogen-bond acceptors (Lipinski definition) is 4. The maximum Gasteiger partial charge on any atom is 0.224 e. The average Bonchev–Trinajstić information content (AvgIpc) is 2.56. The minimum atomic E-state index is 0.0801. The highest BCUT2D eigenvalue weighted by Gasteiger charge is 2.09. The molecule has 122 valence electrons. The second kappa shape index (κ2) is 9.43. The van der Waals surface area contributed by atoms with Gasteiger partial charge in [0.2, 0.25) is 5.91 Å². The Morgan fingerprint density at radius 2 is 1.95 bits per heavy atom. The van der Waals surface area contributed by atoms with Crippen molar-refractivity contribution >= 4 is 5.91 Å². The Kier molecular flexibility index (Phi) is 7.19. The highest BCUT2D eigenvalue weighted by molar-refractivity contribution is 5.78. The van der Waals surface area contributed by atoms with Crippen molar-refractivity contribution in [3.63, 3.8) is 0 Å². The Morgan fingerprint density at radius 1 is 1.23 bits per heavy atom. The zero-order chi connectivity index (χ0) is 15.6. The molecule has 0 unspecified atom stereocenters. The van der Waals surface area contributed by atoms with E-state index in [0.717, 1.165) is 63.5 Å². The van der Waals surface area contributed by atoms with Gasteiger partial charge in [-0.2, -0.15) is 0 Å². The third-order valence-electron chi connectivity index (χ3n) is 3.85. The number of nitrogens with zero attached hydrogens (tertiary/aromatic N) is 1. The van der Waals surface area contributed by atoms with E-state index >= 15 is 0 Å². The highest BCUT2D eigenvalue weighted by atomic mass is 16.5. The summed E-state index contributed by atoms with van der Waals surface area (Å²) in [5.74, 6) is 0.892. The topological polar surface area (TPSA) is 50.8 Å². The summed E-state index contributed by atoms with van der Waals surface area (Å²) >= 11 is 0. The van der Waals surface area contributed by atoms with Crippen molar-refractivity contribution < 1.29 is 14.3 Å². The van der Waals surface area contributed by atoms with Crippen LogP contribution < -0.4 is 10.1 Å². The lowest BCUT2D eigenvalue weighted by molar-refractivity contribution is -0.120. The van der Waals surface area contributed by atoms with Crippen molar-refractivity contribution in [2.45, 2.75) is 19.3 Å². The van der Waals surface area contributed by atoms with Crippen molar-refractivity contribution in [1.29, 1.82) is 0 Å². The molecule has 0 saturated carbocycles. The Hall–Kier alpha value is -1.59. The Morgan fingerprint density at radius 3 is 2.64 bits per heavy atom. The molecule has 1 aromatic carbocycles. The number of hydrogen-bond donors (Lipinski definition) is 1. The van der Waals surface area contributed by atoms with Crippen LogP contribution in [0.3, 0.4) is 0 Å². The Bertz CT molecular complexity index is 442. The van der Waals surface area contributed by atoms with Crippen LogP contribution in [0.15, 0.2) is 24.3 Å². The van der Waals surface area contributed by atoms with E-state index in [-0.39, 0.29) is 5.91 Å². The lowest BCUT2D eigenvalue weighted by atomic mass is 10.1. The number of carbonyl (C=O) groups is 1. The molecule has 1 fully saturated rings. The smallest absolute Gasteiger partial charge is 0.224 e. The molecule has 1 saturated heterocycles. The van der Waals surface area contributed by atoms with E-state index in [1.165, 1.54) is 0 Å². The number of methoxy groups -OCH3 is 1. The van der Waals surface area contributed by atoms with Crippen molar-refractivity contribution in [2.75, 3.05) is 46.5 Å². The lowest BCUT2D eigenvalue weighted by Crippen LogP contribution is -2.37. The van der Waals surface area contributed by atoms with Crippen LogP contribution >= 0.6 is 0 Å². The van der Waals surface area contributed by atoms with Crippen LogP contribution in [0.4, 0.5) is 0 Å².